The molecule has 0 spiro atoms. The molecule has 0 aliphatic heterocycles. The van der Waals surface area contributed by atoms with Crippen LogP contribution in [0, 0.1) is 0 Å². The molecular formula is C5F7NO3. The van der Waals surface area contributed by atoms with E-state index in [-0.39, 0.29) is 0 Å². The van der Waals surface area contributed by atoms with E-state index in [1.165, 1.54) is 0 Å². The average Bonchev–Trinajstić information content (AvgIpc) is 2.49. The summed E-state index contributed by atoms with van der Waals surface area (Å²) < 4.78 is 91.2. The highest BCUT2D eigenvalue weighted by Gasteiger charge is 2.76. The molecule has 0 fully saturated rings. The Balaban J connectivity index is 3.26. The molecular weight excluding hydrogens is 255 g/mol. The van der Waals surface area contributed by atoms with Crippen molar-refractivity contribution < 1.29 is 39.7 Å². The molecule has 0 N–H and O–H groups in total. The second-order valence-electron chi connectivity index (χ2n) is 2.49. The summed E-state index contributed by atoms with van der Waals surface area (Å²) in [5.41, 5.74) is 0. The Bertz CT molecular complexity index is 430. The van der Waals surface area contributed by atoms with Crippen molar-refractivity contribution in [3.63, 3.8) is 0 Å². The van der Waals surface area contributed by atoms with Gasteiger partial charge in [-0.1, -0.05) is 0 Å². The Morgan fingerprint density at radius 3 is 1.81 bits per heavy atom. The first kappa shape index (κ1) is 12.5. The van der Waals surface area contributed by atoms with Gasteiger partial charge in [-0.25, -0.2) is 4.79 Å². The van der Waals surface area contributed by atoms with Crippen molar-refractivity contribution >= 4 is 0 Å². The van der Waals surface area contributed by atoms with E-state index in [0.29, 0.717) is 0 Å². The molecule has 0 saturated carbocycles. The Kier molecular flexibility index (Phi) is 2.52. The lowest BCUT2D eigenvalue weighted by Crippen LogP contribution is -2.50. The van der Waals surface area contributed by atoms with Gasteiger partial charge in [-0.05, 0) is 5.16 Å². The van der Waals surface area contributed by atoms with E-state index in [9.17, 15) is 35.5 Å². The molecule has 4 nitrogen and oxygen atoms in total. The quantitative estimate of drug-likeness (QED) is 0.757. The average molecular weight is 255 g/mol. The molecule has 1 aromatic heterocycles. The van der Waals surface area contributed by atoms with E-state index in [1.54, 1.807) is 0 Å². The van der Waals surface area contributed by atoms with Gasteiger partial charge in [-0.15, -0.1) is 0 Å². The maximum atomic E-state index is 12.6. The van der Waals surface area contributed by atoms with Crippen LogP contribution < -0.4 is 5.82 Å². The summed E-state index contributed by atoms with van der Waals surface area (Å²) in [7, 11) is 0. The van der Waals surface area contributed by atoms with Crippen molar-refractivity contribution in [3.8, 4) is 0 Å². The zero-order chi connectivity index (χ0) is 12.8. The van der Waals surface area contributed by atoms with E-state index >= 15 is 0 Å². The van der Waals surface area contributed by atoms with Crippen molar-refractivity contribution in [2.75, 3.05) is 0 Å². The summed E-state index contributed by atoms with van der Waals surface area (Å²) in [5, 5.41) is 1.98. The zero-order valence-corrected chi connectivity index (χ0v) is 6.82. The normalized spacial score (nSPS) is 14.2. The summed E-state index contributed by atoms with van der Waals surface area (Å²) in [6.07, 6.45) is -6.53. The van der Waals surface area contributed by atoms with E-state index in [2.05, 4.69) is 8.94 Å². The van der Waals surface area contributed by atoms with Crippen LogP contribution in [0.25, 0.3) is 0 Å². The number of aromatic nitrogens is 1. The minimum Gasteiger partial charge on any atom is -0.368 e. The van der Waals surface area contributed by atoms with Crippen LogP contribution in [0.4, 0.5) is 30.7 Å². The van der Waals surface area contributed by atoms with Crippen LogP contribution in [0.2, 0.25) is 0 Å². The zero-order valence-electron chi connectivity index (χ0n) is 6.82. The molecule has 0 saturated heterocycles. The number of hydrogen-bond acceptors (Lipinski definition) is 4. The van der Waals surface area contributed by atoms with E-state index in [0.717, 1.165) is 0 Å². The largest absolute Gasteiger partial charge is 0.542 e. The van der Waals surface area contributed by atoms with E-state index in [1.807, 2.05) is 5.16 Å². The molecule has 0 unspecified atom stereocenters. The fourth-order valence-electron chi connectivity index (χ4n) is 0.629. The molecule has 11 heteroatoms. The predicted molar refractivity (Wildman–Crippen MR) is 29.9 cm³/mol. The smallest absolute Gasteiger partial charge is 0.368 e. The molecule has 0 radical (unpaired) electrons. The summed E-state index contributed by atoms with van der Waals surface area (Å²) in [6, 6.07) is 0. The highest BCUT2D eigenvalue weighted by molar-refractivity contribution is 5.00. The van der Waals surface area contributed by atoms with Gasteiger partial charge >= 0.3 is 29.7 Å². The number of rotatable bonds is 2. The maximum Gasteiger partial charge on any atom is 0.542 e. The second-order valence-corrected chi connectivity index (χ2v) is 2.49. The van der Waals surface area contributed by atoms with Crippen LogP contribution in [0.15, 0.2) is 13.7 Å². The molecule has 92 valence electrons. The van der Waals surface area contributed by atoms with Crippen molar-refractivity contribution in [1.29, 1.82) is 0 Å². The van der Waals surface area contributed by atoms with Gasteiger partial charge in [0, 0.05) is 0 Å². The number of hydrogen-bond donors (Lipinski definition) is 0. The summed E-state index contributed by atoms with van der Waals surface area (Å²) >= 11 is 0. The molecule has 16 heavy (non-hydrogen) atoms. The minimum atomic E-state index is -6.53. The molecule has 0 amide bonds. The van der Waals surface area contributed by atoms with Crippen molar-refractivity contribution in [1.82, 2.24) is 5.16 Å². The fraction of sp³-hybridized carbons (Fsp3) is 0.600. The Labute approximate surface area is 80.6 Å². The first-order valence-corrected chi connectivity index (χ1v) is 3.30. The molecule has 0 aliphatic rings. The first-order chi connectivity index (χ1) is 7.00. The van der Waals surface area contributed by atoms with Crippen LogP contribution in [-0.4, -0.2) is 17.3 Å². The molecule has 0 aromatic carbocycles. The van der Waals surface area contributed by atoms with Crippen LogP contribution in [0.3, 0.4) is 0 Å². The Hall–Kier alpha value is -1.55. The van der Waals surface area contributed by atoms with E-state index < -0.39 is 29.7 Å². The number of alkyl halides is 7. The summed E-state index contributed by atoms with van der Waals surface area (Å²) in [5.74, 6) is -16.6. The molecule has 0 atom stereocenters. The molecule has 1 heterocycles. The Morgan fingerprint density at radius 1 is 1.00 bits per heavy atom. The first-order valence-electron chi connectivity index (χ1n) is 3.30. The number of nitrogens with zero attached hydrogens (tertiary/aromatic N) is 1. The van der Waals surface area contributed by atoms with Crippen LogP contribution in [-0.2, 0) is 5.92 Å². The monoisotopic (exact) mass is 255 g/mol. The second kappa shape index (κ2) is 3.22. The van der Waals surface area contributed by atoms with Gasteiger partial charge in [0.05, 0.1) is 0 Å². The van der Waals surface area contributed by atoms with Gasteiger partial charge < -0.3 is 4.42 Å². The predicted octanol–water partition coefficient (Wildman–Crippen LogP) is 1.92. The van der Waals surface area contributed by atoms with Crippen molar-refractivity contribution in [2.24, 2.45) is 0 Å². The summed E-state index contributed by atoms with van der Waals surface area (Å²) in [4.78, 5) is 10.1. The standard InChI is InChI=1S/C5F7NO3/c6-3(7,1-13-16-2(14)15-1)4(8,9)5(10,11)12. The third kappa shape index (κ3) is 1.65. The van der Waals surface area contributed by atoms with Gasteiger partial charge in [-0.3, -0.25) is 4.52 Å². The highest BCUT2D eigenvalue weighted by atomic mass is 19.4. The van der Waals surface area contributed by atoms with Gasteiger partial charge in [0.2, 0.25) is 0 Å². The lowest BCUT2D eigenvalue weighted by molar-refractivity contribution is -0.364. The topological polar surface area (TPSA) is 56.2 Å². The van der Waals surface area contributed by atoms with Crippen LogP contribution in [0.5, 0.6) is 0 Å². The molecule has 1 aromatic rings. The van der Waals surface area contributed by atoms with Gasteiger partial charge in [-0.2, -0.15) is 30.7 Å². The highest BCUT2D eigenvalue weighted by Crippen LogP contribution is 2.50. The van der Waals surface area contributed by atoms with Gasteiger partial charge in [0.15, 0.2) is 0 Å². The summed E-state index contributed by atoms with van der Waals surface area (Å²) in [6.45, 7) is 0. The third-order valence-electron chi connectivity index (χ3n) is 1.40. The van der Waals surface area contributed by atoms with Gasteiger partial charge in [0.25, 0.3) is 0 Å². The third-order valence-corrected chi connectivity index (χ3v) is 1.40. The molecule has 0 aliphatic carbocycles. The van der Waals surface area contributed by atoms with Gasteiger partial charge in [0.1, 0.15) is 0 Å². The Morgan fingerprint density at radius 2 is 1.50 bits per heavy atom. The molecule has 0 bridgehead atoms. The van der Waals surface area contributed by atoms with Crippen molar-refractivity contribution in [2.45, 2.75) is 18.0 Å². The minimum absolute atomic E-state index is 1.92. The molecule has 1 rings (SSSR count). The number of halogens is 7. The lowest BCUT2D eigenvalue weighted by atomic mass is 10.1. The maximum absolute atomic E-state index is 12.6. The van der Waals surface area contributed by atoms with E-state index in [4.69, 9.17) is 0 Å². The SMILES string of the molecule is O=c1onc(C(F)(F)C(F)(F)C(F)(F)F)o1. The van der Waals surface area contributed by atoms with Crippen LogP contribution in [0.1, 0.15) is 5.89 Å². The fourth-order valence-corrected chi connectivity index (χ4v) is 0.629. The van der Waals surface area contributed by atoms with Crippen molar-refractivity contribution in [3.05, 3.63) is 16.5 Å². The van der Waals surface area contributed by atoms with Crippen LogP contribution >= 0.6 is 0 Å². The lowest BCUT2D eigenvalue weighted by Gasteiger charge is -2.24.